The van der Waals surface area contributed by atoms with Crippen LogP contribution in [0.4, 0.5) is 5.69 Å². The van der Waals surface area contributed by atoms with Crippen LogP contribution in [-0.4, -0.2) is 8.42 Å². The van der Waals surface area contributed by atoms with E-state index < -0.39 is 10.0 Å². The van der Waals surface area contributed by atoms with Crippen LogP contribution in [0.5, 0.6) is 0 Å². The van der Waals surface area contributed by atoms with Crippen molar-refractivity contribution in [1.82, 2.24) is 0 Å². The van der Waals surface area contributed by atoms with Gasteiger partial charge in [-0.15, -0.1) is 0 Å². The summed E-state index contributed by atoms with van der Waals surface area (Å²) in [6.45, 7) is 4.04. The molecule has 112 valence electrons. The normalized spacial score (nSPS) is 11.4. The van der Waals surface area contributed by atoms with Crippen LogP contribution in [0.25, 0.3) is 0 Å². The molecule has 0 aromatic heterocycles. The first kappa shape index (κ1) is 16.0. The molecule has 0 saturated heterocycles. The van der Waals surface area contributed by atoms with Gasteiger partial charge in [0.25, 0.3) is 10.0 Å². The highest BCUT2D eigenvalue weighted by molar-refractivity contribution is 9.10. The average molecular weight is 368 g/mol. The molecule has 0 atom stereocenters. The van der Waals surface area contributed by atoms with E-state index in [2.05, 4.69) is 20.7 Å². The van der Waals surface area contributed by atoms with Gasteiger partial charge >= 0.3 is 0 Å². The Bertz CT molecular complexity index is 719. The molecular formula is C16H18BrNO2S. The van der Waals surface area contributed by atoms with E-state index in [0.717, 1.165) is 28.4 Å². The fourth-order valence-electron chi connectivity index (χ4n) is 2.20. The Morgan fingerprint density at radius 2 is 1.57 bits per heavy atom. The summed E-state index contributed by atoms with van der Waals surface area (Å²) >= 11 is 3.30. The fourth-order valence-corrected chi connectivity index (χ4v) is 3.94. The first-order valence-corrected chi connectivity index (χ1v) is 9.14. The highest BCUT2D eigenvalue weighted by atomic mass is 79.9. The predicted octanol–water partition coefficient (Wildman–Crippen LogP) is 4.37. The molecule has 0 aliphatic rings. The summed E-state index contributed by atoms with van der Waals surface area (Å²) < 4.78 is 28.6. The maximum atomic E-state index is 12.6. The summed E-state index contributed by atoms with van der Waals surface area (Å²) in [6.07, 6.45) is 1.56. The first-order valence-electron chi connectivity index (χ1n) is 6.87. The lowest BCUT2D eigenvalue weighted by molar-refractivity contribution is 0.601. The van der Waals surface area contributed by atoms with E-state index in [1.807, 2.05) is 32.0 Å². The number of para-hydroxylation sites is 1. The monoisotopic (exact) mass is 367 g/mol. The lowest BCUT2D eigenvalue weighted by atomic mass is 10.0. The number of anilines is 1. The zero-order chi connectivity index (χ0) is 15.5. The second kappa shape index (κ2) is 6.62. The minimum absolute atomic E-state index is 0.254. The van der Waals surface area contributed by atoms with Gasteiger partial charge in [0.2, 0.25) is 0 Å². The van der Waals surface area contributed by atoms with Crippen molar-refractivity contribution in [2.45, 2.75) is 31.6 Å². The van der Waals surface area contributed by atoms with Crippen LogP contribution in [-0.2, 0) is 22.9 Å². The lowest BCUT2D eigenvalue weighted by Gasteiger charge is -2.15. The van der Waals surface area contributed by atoms with Crippen LogP contribution in [0.15, 0.2) is 51.8 Å². The molecule has 0 spiro atoms. The maximum Gasteiger partial charge on any atom is 0.261 e. The molecule has 0 fully saturated rings. The van der Waals surface area contributed by atoms with Crippen molar-refractivity contribution in [2.75, 3.05) is 4.72 Å². The number of hydrogen-bond acceptors (Lipinski definition) is 2. The van der Waals surface area contributed by atoms with E-state index in [4.69, 9.17) is 0 Å². The summed E-state index contributed by atoms with van der Waals surface area (Å²) in [5.74, 6) is 0. The van der Waals surface area contributed by atoms with Crippen molar-refractivity contribution in [3.63, 3.8) is 0 Å². The minimum atomic E-state index is -3.58. The molecule has 2 aromatic carbocycles. The number of rotatable bonds is 5. The van der Waals surface area contributed by atoms with Crippen LogP contribution >= 0.6 is 15.9 Å². The molecule has 0 heterocycles. The van der Waals surface area contributed by atoms with Gasteiger partial charge in [-0.2, -0.15) is 0 Å². The smallest absolute Gasteiger partial charge is 0.261 e. The SMILES string of the molecule is CCc1cccc(CC)c1NS(=O)(=O)c1cccc(Br)c1. The molecule has 3 nitrogen and oxygen atoms in total. The van der Waals surface area contributed by atoms with Gasteiger partial charge in [-0.1, -0.05) is 54.0 Å². The third-order valence-electron chi connectivity index (χ3n) is 3.34. The maximum absolute atomic E-state index is 12.6. The second-order valence-electron chi connectivity index (χ2n) is 4.72. The van der Waals surface area contributed by atoms with Gasteiger partial charge in [0.15, 0.2) is 0 Å². The van der Waals surface area contributed by atoms with Gasteiger partial charge in [-0.3, -0.25) is 4.72 Å². The van der Waals surface area contributed by atoms with Gasteiger partial charge in [-0.25, -0.2) is 8.42 Å². The molecule has 0 aliphatic heterocycles. The van der Waals surface area contributed by atoms with Gasteiger partial charge in [-0.05, 0) is 42.2 Å². The average Bonchev–Trinajstić information content (AvgIpc) is 2.47. The van der Waals surface area contributed by atoms with Crippen LogP contribution in [0.1, 0.15) is 25.0 Å². The van der Waals surface area contributed by atoms with Gasteiger partial charge in [0.1, 0.15) is 0 Å². The van der Waals surface area contributed by atoms with Crippen LogP contribution < -0.4 is 4.72 Å². The summed E-state index contributed by atoms with van der Waals surface area (Å²) in [4.78, 5) is 0.254. The molecule has 5 heteroatoms. The zero-order valence-electron chi connectivity index (χ0n) is 12.1. The standard InChI is InChI=1S/C16H18BrNO2S/c1-3-12-7-5-8-13(4-2)16(12)18-21(19,20)15-10-6-9-14(17)11-15/h5-11,18H,3-4H2,1-2H3. The summed E-state index contributed by atoms with van der Waals surface area (Å²) in [7, 11) is -3.58. The molecule has 0 aliphatic carbocycles. The molecule has 1 N–H and O–H groups in total. The summed E-state index contributed by atoms with van der Waals surface area (Å²) in [5, 5.41) is 0. The molecule has 2 aromatic rings. The van der Waals surface area contributed by atoms with Crippen LogP contribution in [0.3, 0.4) is 0 Å². The number of benzene rings is 2. The quantitative estimate of drug-likeness (QED) is 0.852. The number of nitrogens with one attached hydrogen (secondary N) is 1. The number of hydrogen-bond donors (Lipinski definition) is 1. The van der Waals surface area contributed by atoms with E-state index in [-0.39, 0.29) is 4.90 Å². The van der Waals surface area contributed by atoms with Crippen molar-refractivity contribution in [3.05, 3.63) is 58.1 Å². The third-order valence-corrected chi connectivity index (χ3v) is 5.18. The summed E-state index contributed by atoms with van der Waals surface area (Å²) in [5.41, 5.74) is 2.73. The van der Waals surface area contributed by atoms with Crippen molar-refractivity contribution in [2.24, 2.45) is 0 Å². The second-order valence-corrected chi connectivity index (χ2v) is 7.32. The number of aryl methyl sites for hydroxylation is 2. The van der Waals surface area contributed by atoms with Crippen LogP contribution in [0.2, 0.25) is 0 Å². The molecule has 0 bridgehead atoms. The topological polar surface area (TPSA) is 46.2 Å². The highest BCUT2D eigenvalue weighted by Crippen LogP contribution is 2.26. The Morgan fingerprint density at radius 3 is 2.10 bits per heavy atom. The molecule has 0 radical (unpaired) electrons. The van der Waals surface area contributed by atoms with Crippen LogP contribution in [0, 0.1) is 0 Å². The molecular weight excluding hydrogens is 350 g/mol. The van der Waals surface area contributed by atoms with E-state index in [1.54, 1.807) is 24.3 Å². The summed E-state index contributed by atoms with van der Waals surface area (Å²) in [6, 6.07) is 12.6. The Hall–Kier alpha value is -1.33. The minimum Gasteiger partial charge on any atom is -0.279 e. The number of sulfonamides is 1. The van der Waals surface area contributed by atoms with E-state index in [1.165, 1.54) is 0 Å². The van der Waals surface area contributed by atoms with Gasteiger partial charge in [0.05, 0.1) is 10.6 Å². The Labute approximate surface area is 134 Å². The van der Waals surface area contributed by atoms with Crippen molar-refractivity contribution < 1.29 is 8.42 Å². The lowest BCUT2D eigenvalue weighted by Crippen LogP contribution is -2.15. The van der Waals surface area contributed by atoms with E-state index >= 15 is 0 Å². The first-order chi connectivity index (χ1) is 9.97. The van der Waals surface area contributed by atoms with Crippen molar-refractivity contribution in [1.29, 1.82) is 0 Å². The molecule has 0 saturated carbocycles. The molecule has 21 heavy (non-hydrogen) atoms. The molecule has 0 amide bonds. The third kappa shape index (κ3) is 3.66. The largest absolute Gasteiger partial charge is 0.279 e. The van der Waals surface area contributed by atoms with Gasteiger partial charge in [0, 0.05) is 4.47 Å². The predicted molar refractivity (Wildman–Crippen MR) is 90.1 cm³/mol. The van der Waals surface area contributed by atoms with Crippen molar-refractivity contribution >= 4 is 31.6 Å². The number of halogens is 1. The fraction of sp³-hybridized carbons (Fsp3) is 0.250. The Balaban J connectivity index is 2.46. The van der Waals surface area contributed by atoms with Gasteiger partial charge < -0.3 is 0 Å². The highest BCUT2D eigenvalue weighted by Gasteiger charge is 2.17. The molecule has 0 unspecified atom stereocenters. The van der Waals surface area contributed by atoms with E-state index in [9.17, 15) is 8.42 Å². The molecule has 2 rings (SSSR count). The van der Waals surface area contributed by atoms with E-state index in [0.29, 0.717) is 5.69 Å². The zero-order valence-corrected chi connectivity index (χ0v) is 14.5. The Kier molecular flexibility index (Phi) is 5.06. The Morgan fingerprint density at radius 1 is 1.00 bits per heavy atom. The van der Waals surface area contributed by atoms with Crippen molar-refractivity contribution in [3.8, 4) is 0 Å².